The summed E-state index contributed by atoms with van der Waals surface area (Å²) in [4.78, 5) is 10.8. The summed E-state index contributed by atoms with van der Waals surface area (Å²) in [5.41, 5.74) is 2.49. The van der Waals surface area contributed by atoms with E-state index in [9.17, 15) is 9.90 Å². The fourth-order valence-electron chi connectivity index (χ4n) is 1.79. The van der Waals surface area contributed by atoms with Gasteiger partial charge in [-0.15, -0.1) is 11.6 Å². The second-order valence-electron chi connectivity index (χ2n) is 3.92. The Morgan fingerprint density at radius 1 is 1.47 bits per heavy atom. The molecule has 0 aliphatic rings. The van der Waals surface area contributed by atoms with Gasteiger partial charge in [-0.25, -0.2) is 4.79 Å². The number of aliphatic carboxylic acids is 1. The van der Waals surface area contributed by atoms with E-state index in [0.29, 0.717) is 17.9 Å². The molecule has 0 amide bonds. The van der Waals surface area contributed by atoms with Crippen molar-refractivity contribution in [1.29, 1.82) is 0 Å². The van der Waals surface area contributed by atoms with Gasteiger partial charge >= 0.3 is 5.97 Å². The van der Waals surface area contributed by atoms with Crippen LogP contribution in [-0.4, -0.2) is 22.1 Å². The van der Waals surface area contributed by atoms with Gasteiger partial charge in [0.2, 0.25) is 0 Å². The highest BCUT2D eigenvalue weighted by Crippen LogP contribution is 2.21. The summed E-state index contributed by atoms with van der Waals surface area (Å²) in [5, 5.41) is 18.4. The maximum atomic E-state index is 10.8. The van der Waals surface area contributed by atoms with Crippen molar-refractivity contribution in [2.45, 2.75) is 32.3 Å². The average molecular weight is 257 g/mol. The van der Waals surface area contributed by atoms with Gasteiger partial charge in [0.1, 0.15) is 0 Å². The van der Waals surface area contributed by atoms with Gasteiger partial charge in [0.15, 0.2) is 6.10 Å². The molecule has 1 rings (SSSR count). The van der Waals surface area contributed by atoms with Crippen LogP contribution < -0.4 is 0 Å². The second-order valence-corrected chi connectivity index (χ2v) is 4.30. The van der Waals surface area contributed by atoms with Gasteiger partial charge in [0, 0.05) is 5.88 Å². The van der Waals surface area contributed by atoms with Crippen LogP contribution in [0.2, 0.25) is 0 Å². The highest BCUT2D eigenvalue weighted by Gasteiger charge is 2.18. The molecular weight excluding hydrogens is 240 g/mol. The molecule has 0 heterocycles. The second kappa shape index (κ2) is 6.62. The van der Waals surface area contributed by atoms with Crippen LogP contribution in [0.3, 0.4) is 0 Å². The number of alkyl halides is 1. The third-order valence-corrected chi connectivity index (χ3v) is 2.98. The van der Waals surface area contributed by atoms with Crippen molar-refractivity contribution in [2.24, 2.45) is 0 Å². The highest BCUT2D eigenvalue weighted by molar-refractivity contribution is 6.17. The number of aliphatic hydroxyl groups is 1. The van der Waals surface area contributed by atoms with Crippen molar-refractivity contribution in [3.8, 4) is 0 Å². The Hall–Kier alpha value is -1.06. The van der Waals surface area contributed by atoms with Gasteiger partial charge in [-0.05, 0) is 36.0 Å². The molecule has 0 saturated heterocycles. The van der Waals surface area contributed by atoms with Gasteiger partial charge in [-0.2, -0.15) is 0 Å². The smallest absolute Gasteiger partial charge is 0.337 e. The van der Waals surface area contributed by atoms with Crippen LogP contribution >= 0.6 is 11.6 Å². The first-order valence-corrected chi connectivity index (χ1v) is 6.22. The van der Waals surface area contributed by atoms with Crippen molar-refractivity contribution in [1.82, 2.24) is 0 Å². The van der Waals surface area contributed by atoms with Gasteiger partial charge in [-0.3, -0.25) is 0 Å². The van der Waals surface area contributed by atoms with Crippen molar-refractivity contribution < 1.29 is 15.0 Å². The Kier molecular flexibility index (Phi) is 5.45. The van der Waals surface area contributed by atoms with E-state index in [1.165, 1.54) is 0 Å². The number of aryl methyl sites for hydroxylation is 2. The van der Waals surface area contributed by atoms with E-state index in [0.717, 1.165) is 24.0 Å². The summed E-state index contributed by atoms with van der Waals surface area (Å²) >= 11 is 5.63. The molecule has 0 aromatic heterocycles. The van der Waals surface area contributed by atoms with Gasteiger partial charge in [-0.1, -0.05) is 25.1 Å². The Morgan fingerprint density at radius 2 is 2.18 bits per heavy atom. The minimum atomic E-state index is -1.44. The molecule has 1 unspecified atom stereocenters. The molecule has 94 valence electrons. The molecule has 1 atom stereocenters. The molecule has 0 fully saturated rings. The third kappa shape index (κ3) is 3.72. The molecule has 0 radical (unpaired) electrons. The van der Waals surface area contributed by atoms with Crippen LogP contribution in [0, 0.1) is 0 Å². The van der Waals surface area contributed by atoms with Crippen molar-refractivity contribution in [2.75, 3.05) is 5.88 Å². The Labute approximate surface area is 106 Å². The number of rotatable bonds is 6. The van der Waals surface area contributed by atoms with Crippen LogP contribution in [0.5, 0.6) is 0 Å². The van der Waals surface area contributed by atoms with Gasteiger partial charge in [0.05, 0.1) is 0 Å². The Morgan fingerprint density at radius 3 is 2.71 bits per heavy atom. The predicted octanol–water partition coefficient (Wildman–Crippen LogP) is 2.54. The fraction of sp³-hybridized carbons (Fsp3) is 0.462. The lowest BCUT2D eigenvalue weighted by Gasteiger charge is -2.12. The van der Waals surface area contributed by atoms with E-state index < -0.39 is 12.1 Å². The van der Waals surface area contributed by atoms with Crippen LogP contribution in [0.25, 0.3) is 0 Å². The molecule has 3 nitrogen and oxygen atoms in total. The van der Waals surface area contributed by atoms with E-state index in [-0.39, 0.29) is 0 Å². The summed E-state index contributed by atoms with van der Waals surface area (Å²) in [6.45, 7) is 1.94. The summed E-state index contributed by atoms with van der Waals surface area (Å²) in [5.74, 6) is -0.603. The number of carboxylic acids is 1. The number of hydrogen-bond acceptors (Lipinski definition) is 2. The topological polar surface area (TPSA) is 57.5 Å². The van der Waals surface area contributed by atoms with Crippen molar-refractivity contribution in [3.63, 3.8) is 0 Å². The molecular formula is C13H17ClO3. The van der Waals surface area contributed by atoms with Crippen LogP contribution in [0.4, 0.5) is 0 Å². The molecule has 2 N–H and O–H groups in total. The minimum Gasteiger partial charge on any atom is -0.479 e. The molecule has 17 heavy (non-hydrogen) atoms. The summed E-state index contributed by atoms with van der Waals surface area (Å²) in [7, 11) is 0. The van der Waals surface area contributed by atoms with E-state index in [4.69, 9.17) is 16.7 Å². The van der Waals surface area contributed by atoms with E-state index in [1.807, 2.05) is 19.1 Å². The monoisotopic (exact) mass is 256 g/mol. The Bertz CT molecular complexity index is 390. The standard InChI is InChI=1S/C13H17ClO3/c1-2-10-8-9(4-3-7-14)5-6-11(10)12(15)13(16)17/h5-6,8,12,15H,2-4,7H2,1H3,(H,16,17). The number of benzene rings is 1. The van der Waals surface area contributed by atoms with Crippen LogP contribution in [0.1, 0.15) is 36.1 Å². The quantitative estimate of drug-likeness (QED) is 0.769. The van der Waals surface area contributed by atoms with Gasteiger partial charge in [0.25, 0.3) is 0 Å². The number of hydrogen-bond donors (Lipinski definition) is 2. The molecule has 0 spiro atoms. The first kappa shape index (κ1) is 14.0. The lowest BCUT2D eigenvalue weighted by molar-refractivity contribution is -0.147. The average Bonchev–Trinajstić information content (AvgIpc) is 2.34. The van der Waals surface area contributed by atoms with Crippen molar-refractivity contribution >= 4 is 17.6 Å². The minimum absolute atomic E-state index is 0.481. The Balaban J connectivity index is 2.96. The molecule has 0 saturated carbocycles. The van der Waals surface area contributed by atoms with E-state index >= 15 is 0 Å². The zero-order valence-corrected chi connectivity index (χ0v) is 10.6. The summed E-state index contributed by atoms with van der Waals surface area (Å²) in [6, 6.07) is 5.50. The zero-order chi connectivity index (χ0) is 12.8. The van der Waals surface area contributed by atoms with Crippen LogP contribution in [0.15, 0.2) is 18.2 Å². The number of halogens is 1. The first-order valence-electron chi connectivity index (χ1n) is 5.68. The lowest BCUT2D eigenvalue weighted by atomic mass is 9.96. The predicted molar refractivity (Wildman–Crippen MR) is 67.5 cm³/mol. The summed E-state index contributed by atoms with van der Waals surface area (Å²) < 4.78 is 0. The lowest BCUT2D eigenvalue weighted by Crippen LogP contribution is -2.12. The molecule has 0 aliphatic carbocycles. The normalized spacial score (nSPS) is 12.4. The first-order chi connectivity index (χ1) is 8.10. The van der Waals surface area contributed by atoms with E-state index in [2.05, 4.69) is 0 Å². The summed E-state index contributed by atoms with van der Waals surface area (Å²) in [6.07, 6.45) is 1.03. The largest absolute Gasteiger partial charge is 0.479 e. The van der Waals surface area contributed by atoms with E-state index in [1.54, 1.807) is 6.07 Å². The molecule has 1 aromatic rings. The highest BCUT2D eigenvalue weighted by atomic mass is 35.5. The molecule has 0 bridgehead atoms. The van der Waals surface area contributed by atoms with Gasteiger partial charge < -0.3 is 10.2 Å². The molecule has 4 heteroatoms. The number of carbonyl (C=O) groups is 1. The number of aliphatic hydroxyl groups excluding tert-OH is 1. The third-order valence-electron chi connectivity index (χ3n) is 2.72. The zero-order valence-electron chi connectivity index (χ0n) is 9.82. The van der Waals surface area contributed by atoms with Crippen LogP contribution in [-0.2, 0) is 17.6 Å². The fourth-order valence-corrected chi connectivity index (χ4v) is 1.93. The SMILES string of the molecule is CCc1cc(CCCCl)ccc1C(O)C(=O)O. The maximum absolute atomic E-state index is 10.8. The maximum Gasteiger partial charge on any atom is 0.337 e. The molecule has 0 aliphatic heterocycles. The molecule has 1 aromatic carbocycles. The van der Waals surface area contributed by atoms with Crippen molar-refractivity contribution in [3.05, 3.63) is 34.9 Å². The number of carboxylic acid groups (broad SMARTS) is 1.